The number of aryl methyl sites for hydroxylation is 6. The Hall–Kier alpha value is -13.4. The maximum atomic E-state index is 15.2. The lowest BCUT2D eigenvalue weighted by atomic mass is 9.99. The van der Waals surface area contributed by atoms with E-state index in [9.17, 15) is 39.0 Å². The van der Waals surface area contributed by atoms with E-state index in [1.54, 1.807) is 123 Å². The first-order chi connectivity index (χ1) is 63.7. The van der Waals surface area contributed by atoms with Crippen LogP contribution in [0.4, 0.5) is 0 Å². The first kappa shape index (κ1) is 96.2. The summed E-state index contributed by atoms with van der Waals surface area (Å²) in [4.78, 5) is 147. The topological polar surface area (TPSA) is 455 Å². The van der Waals surface area contributed by atoms with Crippen molar-refractivity contribution >= 4 is 80.7 Å². The molecule has 2 fully saturated rings. The molecule has 6 aliphatic rings. The molecule has 10 aromatic rings. The molecule has 0 aliphatic carbocycles. The van der Waals surface area contributed by atoms with Gasteiger partial charge in [-0.1, -0.05) is 171 Å². The van der Waals surface area contributed by atoms with Gasteiger partial charge in [-0.15, -0.1) is 20.4 Å². The number of carboxylic acids is 2. The van der Waals surface area contributed by atoms with Crippen LogP contribution >= 0.6 is 0 Å². The zero-order valence-corrected chi connectivity index (χ0v) is 76.1. The molecule has 36 nitrogen and oxygen atoms in total. The number of nitrogens with one attached hydrogen (secondary N) is 8. The van der Waals surface area contributed by atoms with Crippen LogP contribution in [0.15, 0.2) is 158 Å². The second-order valence-corrected chi connectivity index (χ2v) is 35.5. The lowest BCUT2D eigenvalue weighted by Crippen LogP contribution is -2.59. The van der Waals surface area contributed by atoms with Crippen molar-refractivity contribution in [2.24, 2.45) is 11.8 Å². The Bertz CT molecular complexity index is 5280. The Morgan fingerprint density at radius 1 is 0.432 bits per heavy atom. The fourth-order valence-electron chi connectivity index (χ4n) is 17.0. The quantitative estimate of drug-likeness (QED) is 0.0501. The van der Waals surface area contributed by atoms with E-state index in [2.05, 4.69) is 83.8 Å². The number of benzene rings is 6. The highest BCUT2D eigenvalue weighted by molar-refractivity contribution is 5.98. The van der Waals surface area contributed by atoms with Crippen molar-refractivity contribution < 1.29 is 67.6 Å². The van der Waals surface area contributed by atoms with E-state index in [0.29, 0.717) is 110 Å². The molecule has 16 bridgehead atoms. The molecule has 132 heavy (non-hydrogen) atoms. The number of hydrogen-bond donors (Lipinski definition) is 10. The van der Waals surface area contributed by atoms with Gasteiger partial charge < -0.3 is 72.0 Å². The number of likely N-dealkylation sites (N-methyl/N-ethyl adjacent to an activating group) is 2. The average Bonchev–Trinajstić information content (AvgIpc) is 1.65. The smallest absolute Gasteiger partial charge is 0.326 e. The van der Waals surface area contributed by atoms with Crippen molar-refractivity contribution in [3.8, 4) is 11.5 Å². The number of carbonyl (C=O) groups is 10. The highest BCUT2D eigenvalue weighted by Gasteiger charge is 2.47. The van der Waals surface area contributed by atoms with Crippen molar-refractivity contribution in [2.45, 2.75) is 243 Å². The van der Waals surface area contributed by atoms with Gasteiger partial charge in [-0.05, 0) is 159 Å². The number of likely N-dealkylation sites (tertiary alicyclic amines) is 2. The molecule has 0 unspecified atom stereocenters. The molecule has 10 N–H and O–H groups in total. The summed E-state index contributed by atoms with van der Waals surface area (Å²) >= 11 is 0. The van der Waals surface area contributed by atoms with Crippen molar-refractivity contribution in [1.29, 1.82) is 0 Å². The first-order valence-electron chi connectivity index (χ1n) is 45.9. The van der Waals surface area contributed by atoms with Crippen molar-refractivity contribution in [3.63, 3.8) is 0 Å². The van der Waals surface area contributed by atoms with E-state index in [0.717, 1.165) is 71.5 Å². The Labute approximate surface area is 766 Å². The largest absolute Gasteiger partial charge is 0.494 e. The fourth-order valence-corrected chi connectivity index (χ4v) is 17.0. The summed E-state index contributed by atoms with van der Waals surface area (Å²) in [7, 11) is 3.27. The lowest BCUT2D eigenvalue weighted by molar-refractivity contribution is -0.144. The molecule has 2 saturated heterocycles. The number of carbonyl (C=O) groups excluding carboxylic acids is 8. The van der Waals surface area contributed by atoms with Gasteiger partial charge in [0, 0.05) is 102 Å². The summed E-state index contributed by atoms with van der Waals surface area (Å²) in [6, 6.07) is 28.3. The highest BCUT2D eigenvalue weighted by Crippen LogP contribution is 2.33. The summed E-state index contributed by atoms with van der Waals surface area (Å²) in [6.07, 6.45) is 15.7. The van der Waals surface area contributed by atoms with Gasteiger partial charge in [-0.3, -0.25) is 47.7 Å². The van der Waals surface area contributed by atoms with Gasteiger partial charge in [0.05, 0.1) is 60.2 Å². The van der Waals surface area contributed by atoms with Crippen LogP contribution in [0, 0.1) is 11.8 Å². The molecule has 16 rings (SSSR count). The van der Waals surface area contributed by atoms with Crippen LogP contribution in [0.1, 0.15) is 163 Å². The van der Waals surface area contributed by atoms with Gasteiger partial charge in [0.1, 0.15) is 59.8 Å². The second-order valence-electron chi connectivity index (χ2n) is 35.5. The van der Waals surface area contributed by atoms with Gasteiger partial charge in [-0.2, -0.15) is 0 Å². The molecule has 36 heteroatoms. The number of carboxylic acid groups (broad SMARTS) is 2. The molecule has 0 saturated carbocycles. The number of fused-ring (bicyclic) bond motifs is 2. The molecule has 6 aliphatic heterocycles. The molecule has 4 aromatic heterocycles. The van der Waals surface area contributed by atoms with Crippen molar-refractivity contribution in [3.05, 3.63) is 203 Å². The number of aliphatic carboxylic acids is 2. The van der Waals surface area contributed by atoms with Crippen LogP contribution in [0.3, 0.4) is 0 Å². The maximum absolute atomic E-state index is 15.2. The Morgan fingerprint density at radius 2 is 0.795 bits per heavy atom. The molecular formula is C96H122N22O14. The van der Waals surface area contributed by atoms with Gasteiger partial charge in [0.2, 0.25) is 47.3 Å². The fraction of sp³-hybridized carbons (Fsp3) is 0.479. The summed E-state index contributed by atoms with van der Waals surface area (Å²) in [6.45, 7) is 12.3. The number of amides is 8. The number of nitrogens with zero attached hydrogens (tertiary/aromatic N) is 14. The number of hydrogen-bond acceptors (Lipinski definition) is 22. The summed E-state index contributed by atoms with van der Waals surface area (Å²) in [5.41, 5.74) is 5.59. The molecule has 700 valence electrons. The van der Waals surface area contributed by atoms with Gasteiger partial charge in [-0.25, -0.2) is 19.0 Å². The SMILES string of the molecule is CN[C@@H](C)C(=O)N[C@H](C(=O)N1C[C@@H]2C[C@H]1C(=O)N[C@@H](Cc1ccc3ccccc3c1)C(=O)N[C@H](C(=O)O)Cc1ccc(cc1)OCCCn1cc(nn1)CCCCCc1cn(nn1)[C@H]1C[C@@H](C(=O)N[C@@H](Cc3ccc4ccccc4c3)C(=O)N[C@H](C(=O)O)Cc3ccc(cc3)OCCCn3cc(nn3)CCCCCc3cn2nn3)N(C(=O)[C@@H](NC(=O)[C@H](C)NC)C(C)C)C1)C(C)C. The van der Waals surface area contributed by atoms with E-state index >= 15 is 19.2 Å². The second kappa shape index (κ2) is 45.9. The van der Waals surface area contributed by atoms with Crippen LogP contribution in [-0.4, -0.2) is 240 Å². The molecular weight excluding hydrogens is 1690 g/mol. The van der Waals surface area contributed by atoms with E-state index in [4.69, 9.17) is 9.47 Å². The van der Waals surface area contributed by atoms with Crippen LogP contribution in [-0.2, 0) is 112 Å². The zero-order chi connectivity index (χ0) is 93.5. The predicted octanol–water partition coefficient (Wildman–Crippen LogP) is 6.38. The Kier molecular flexibility index (Phi) is 33.5. The maximum Gasteiger partial charge on any atom is 0.326 e. The molecule has 8 amide bonds. The minimum absolute atomic E-state index is 0.0109. The van der Waals surface area contributed by atoms with Crippen LogP contribution < -0.4 is 52.0 Å². The third-order valence-corrected chi connectivity index (χ3v) is 24.9. The molecule has 0 spiro atoms. The molecule has 0 radical (unpaired) electrons. The number of ether oxygens (including phenoxy) is 2. The summed E-state index contributed by atoms with van der Waals surface area (Å²) < 4.78 is 19.1. The Morgan fingerprint density at radius 3 is 1.16 bits per heavy atom. The van der Waals surface area contributed by atoms with E-state index < -0.39 is 144 Å². The number of aromatic nitrogens is 12. The van der Waals surface area contributed by atoms with Gasteiger partial charge in [0.15, 0.2) is 0 Å². The van der Waals surface area contributed by atoms with E-state index in [-0.39, 0.29) is 51.6 Å². The minimum atomic E-state index is -1.44. The Balaban J connectivity index is 0.704. The normalized spacial score (nSPS) is 21.1. The van der Waals surface area contributed by atoms with Crippen LogP contribution in [0.5, 0.6) is 11.5 Å². The molecule has 12 atom stereocenters. The van der Waals surface area contributed by atoms with Gasteiger partial charge in [0.25, 0.3) is 0 Å². The predicted molar refractivity (Wildman–Crippen MR) is 490 cm³/mol. The first-order valence-corrected chi connectivity index (χ1v) is 45.9. The van der Waals surface area contributed by atoms with Crippen LogP contribution in [0.25, 0.3) is 21.5 Å². The van der Waals surface area contributed by atoms with Crippen LogP contribution in [0.2, 0.25) is 0 Å². The van der Waals surface area contributed by atoms with Crippen molar-refractivity contribution in [1.82, 2.24) is 112 Å². The third kappa shape index (κ3) is 26.1. The van der Waals surface area contributed by atoms with Crippen molar-refractivity contribution in [2.75, 3.05) is 40.4 Å². The molecule has 10 heterocycles. The average molecular weight is 1810 g/mol. The third-order valence-electron chi connectivity index (χ3n) is 24.9. The molecule has 6 aromatic carbocycles. The summed E-state index contributed by atoms with van der Waals surface area (Å²) in [5.74, 6) is -7.02. The number of rotatable bonds is 16. The summed E-state index contributed by atoms with van der Waals surface area (Å²) in [5, 5.41) is 83.9. The van der Waals surface area contributed by atoms with Gasteiger partial charge >= 0.3 is 11.9 Å². The minimum Gasteiger partial charge on any atom is -0.494 e. The zero-order valence-electron chi connectivity index (χ0n) is 76.1. The van der Waals surface area contributed by atoms with E-state index in [1.165, 1.54) is 9.80 Å². The standard InChI is InChI=1S/C96H122N22O14/c1-59(2)85(103-87(119)61(5)97-7)93(125)115-57-75-51-83(115)91(123)99-79(49-65-29-35-67-21-15-17-23-69(67)45-65)89(121)101-81(95(127)128)47-63-31-37-77(38-32-63)131-43-20-42-114-54-72(106-110-114)26-12-10-14-28-74-56-118(112-108-74)76-52-84(116(58-76)94(126)86(60(3)4)104-88(120)62(6)98-8)92(124)100-80(50-66-30-36-68-22-16-18-24-70(68)46-66)90(122)102-82(96(129)130)48-64-33-39-78(40-34-64)132-44-19-41-113-53-71(105-109-113)25-11-9-13-27-73-55-117(75)111-107-73/h15-18,21-24,29-40,45-46,53-56,59-62,75-76,79-86,97-98H,9-14,19-20,25-28,41-44,47-52,57-58H2,1-8H3,(H,99,123)(H,100,124)(H,101,121)(H,102,122)(H,103,119)(H,104,120)(H,127,128)(H,129,130)/t61-,62-,75-,76-,79-,80-,81-,82-,83-,84-,85-,86-/m0/s1. The van der Waals surface area contributed by atoms with E-state index in [1.807, 2.05) is 110 Å². The lowest BCUT2D eigenvalue weighted by Gasteiger charge is -2.32. The monoisotopic (exact) mass is 1810 g/mol. The highest BCUT2D eigenvalue weighted by atomic mass is 16.5.